The van der Waals surface area contributed by atoms with E-state index in [9.17, 15) is 0 Å². The average Bonchev–Trinajstić information content (AvgIpc) is 3.11. The first-order chi connectivity index (χ1) is 13.4. The Morgan fingerprint density at radius 1 is 1.11 bits per heavy atom. The highest BCUT2D eigenvalue weighted by Gasteiger charge is 2.26. The lowest BCUT2D eigenvalue weighted by molar-refractivity contribution is 0.128. The van der Waals surface area contributed by atoms with E-state index in [-0.39, 0.29) is 5.54 Å². The number of nitrogens with one attached hydrogen (secondary N) is 2. The number of nitrogens with zero attached hydrogens (tertiary/aromatic N) is 3. The van der Waals surface area contributed by atoms with Crippen molar-refractivity contribution in [3.63, 3.8) is 0 Å². The first-order valence-electron chi connectivity index (χ1n) is 10.3. The van der Waals surface area contributed by atoms with Gasteiger partial charge in [0, 0.05) is 60.4 Å². The van der Waals surface area contributed by atoms with Crippen molar-refractivity contribution in [3.05, 3.63) is 30.0 Å². The largest absolute Gasteiger partial charge is 0.383 e. The zero-order valence-electron chi connectivity index (χ0n) is 17.5. The molecule has 0 unspecified atom stereocenters. The Labute approximate surface area is 167 Å². The number of hydrogen-bond acceptors (Lipinski definition) is 5. The van der Waals surface area contributed by atoms with E-state index >= 15 is 0 Å². The molecule has 4 N–H and O–H groups in total. The molecule has 3 heterocycles. The number of benzene rings is 1. The van der Waals surface area contributed by atoms with Crippen LogP contribution in [0.1, 0.15) is 33.4 Å². The van der Waals surface area contributed by atoms with Gasteiger partial charge in [-0.25, -0.2) is 4.98 Å². The van der Waals surface area contributed by atoms with Gasteiger partial charge in [0.2, 0.25) is 0 Å². The Hall–Kier alpha value is -2.31. The van der Waals surface area contributed by atoms with E-state index in [4.69, 9.17) is 5.73 Å². The van der Waals surface area contributed by atoms with Gasteiger partial charge in [0.1, 0.15) is 5.82 Å². The summed E-state index contributed by atoms with van der Waals surface area (Å²) in [7, 11) is 0. The lowest BCUT2D eigenvalue weighted by Crippen LogP contribution is -2.53. The molecule has 1 aromatic carbocycles. The van der Waals surface area contributed by atoms with Crippen LogP contribution in [-0.4, -0.2) is 53.1 Å². The fourth-order valence-electron chi connectivity index (χ4n) is 4.12. The smallest absolute Gasteiger partial charge is 0.133 e. The van der Waals surface area contributed by atoms with Gasteiger partial charge in [-0.3, -0.25) is 4.90 Å². The molecule has 1 saturated heterocycles. The van der Waals surface area contributed by atoms with Crippen LogP contribution in [0.5, 0.6) is 0 Å². The highest BCUT2D eigenvalue weighted by Crippen LogP contribution is 2.31. The van der Waals surface area contributed by atoms with Gasteiger partial charge in [0.05, 0.1) is 11.0 Å². The Kier molecular flexibility index (Phi) is 4.93. The first kappa shape index (κ1) is 19.0. The summed E-state index contributed by atoms with van der Waals surface area (Å²) in [6.45, 7) is 15.0. The predicted molar refractivity (Wildman–Crippen MR) is 119 cm³/mol. The summed E-state index contributed by atoms with van der Waals surface area (Å²) in [6.07, 6.45) is 0. The number of H-pyrrole nitrogens is 1. The van der Waals surface area contributed by atoms with Crippen LogP contribution < -0.4 is 16.0 Å². The van der Waals surface area contributed by atoms with Crippen LogP contribution in [0.4, 0.5) is 11.5 Å². The molecule has 0 aliphatic carbocycles. The van der Waals surface area contributed by atoms with Crippen molar-refractivity contribution in [2.45, 2.75) is 39.8 Å². The van der Waals surface area contributed by atoms with Crippen LogP contribution in [0.3, 0.4) is 0 Å². The molecule has 1 fully saturated rings. The molecular formula is C22H32N6. The molecule has 6 nitrogen and oxygen atoms in total. The third-order valence-electron chi connectivity index (χ3n) is 5.80. The number of rotatable bonds is 4. The van der Waals surface area contributed by atoms with Crippen molar-refractivity contribution in [1.82, 2.24) is 20.2 Å². The third-order valence-corrected chi connectivity index (χ3v) is 5.80. The Bertz CT molecular complexity index is 976. The molecule has 150 valence electrons. The molecule has 1 aliphatic rings. The molecular weight excluding hydrogens is 348 g/mol. The van der Waals surface area contributed by atoms with Crippen LogP contribution in [0.15, 0.2) is 24.3 Å². The van der Waals surface area contributed by atoms with Gasteiger partial charge in [0.15, 0.2) is 0 Å². The zero-order chi connectivity index (χ0) is 19.9. The van der Waals surface area contributed by atoms with Crippen LogP contribution in [-0.2, 0) is 6.54 Å². The molecule has 0 radical (unpaired) electrons. The average molecular weight is 381 g/mol. The summed E-state index contributed by atoms with van der Waals surface area (Å²) in [5.41, 5.74) is 10.9. The number of fused-ring (bicyclic) bond motifs is 3. The monoisotopic (exact) mass is 380 g/mol. The molecule has 3 aromatic rings. The van der Waals surface area contributed by atoms with Crippen molar-refractivity contribution in [3.8, 4) is 0 Å². The van der Waals surface area contributed by atoms with Crippen LogP contribution in [0.25, 0.3) is 21.8 Å². The summed E-state index contributed by atoms with van der Waals surface area (Å²) in [5, 5.41) is 5.52. The highest BCUT2D eigenvalue weighted by atomic mass is 15.3. The van der Waals surface area contributed by atoms with E-state index in [1.54, 1.807) is 0 Å². The van der Waals surface area contributed by atoms with Gasteiger partial charge >= 0.3 is 0 Å². The summed E-state index contributed by atoms with van der Waals surface area (Å²) >= 11 is 0. The third kappa shape index (κ3) is 3.54. The van der Waals surface area contributed by atoms with Gasteiger partial charge in [-0.2, -0.15) is 0 Å². The second-order valence-electron chi connectivity index (χ2n) is 8.71. The highest BCUT2D eigenvalue weighted by molar-refractivity contribution is 6.09. The fraction of sp³-hybridized carbons (Fsp3) is 0.500. The van der Waals surface area contributed by atoms with E-state index in [0.29, 0.717) is 5.82 Å². The normalized spacial score (nSPS) is 16.4. The number of nitrogen functional groups attached to an aromatic ring is 1. The minimum absolute atomic E-state index is 0.232. The number of anilines is 2. The molecule has 0 atom stereocenters. The van der Waals surface area contributed by atoms with Crippen LogP contribution in [0.2, 0.25) is 0 Å². The molecule has 1 aliphatic heterocycles. The lowest BCUT2D eigenvalue weighted by atomic mass is 10.0. The maximum Gasteiger partial charge on any atom is 0.133 e. The number of aromatic nitrogens is 2. The van der Waals surface area contributed by atoms with E-state index in [2.05, 4.69) is 77.0 Å². The van der Waals surface area contributed by atoms with Gasteiger partial charge in [-0.15, -0.1) is 0 Å². The molecule has 4 rings (SSSR count). The van der Waals surface area contributed by atoms with Gasteiger partial charge < -0.3 is 20.9 Å². The van der Waals surface area contributed by atoms with Crippen molar-refractivity contribution < 1.29 is 0 Å². The quantitative estimate of drug-likeness (QED) is 0.647. The lowest BCUT2D eigenvalue weighted by Gasteiger charge is -2.43. The van der Waals surface area contributed by atoms with Crippen molar-refractivity contribution in [1.29, 1.82) is 0 Å². The molecule has 2 aromatic heterocycles. The second kappa shape index (κ2) is 7.26. The van der Waals surface area contributed by atoms with Gasteiger partial charge in [-0.05, 0) is 51.6 Å². The fourth-order valence-corrected chi connectivity index (χ4v) is 4.12. The number of pyridine rings is 1. The Morgan fingerprint density at radius 2 is 1.86 bits per heavy atom. The summed E-state index contributed by atoms with van der Waals surface area (Å²) in [6, 6.07) is 8.66. The molecule has 6 heteroatoms. The Balaban J connectivity index is 1.67. The number of piperazine rings is 1. The number of nitrogens with two attached hydrogens (primary N) is 1. The molecule has 28 heavy (non-hydrogen) atoms. The Morgan fingerprint density at radius 3 is 2.54 bits per heavy atom. The number of hydrogen-bond donors (Lipinski definition) is 3. The van der Waals surface area contributed by atoms with E-state index in [1.807, 2.05) is 0 Å². The van der Waals surface area contributed by atoms with Crippen molar-refractivity contribution in [2.75, 3.05) is 43.4 Å². The maximum atomic E-state index is 6.23. The van der Waals surface area contributed by atoms with E-state index in [0.717, 1.165) is 66.8 Å². The van der Waals surface area contributed by atoms with Crippen LogP contribution in [0, 0.1) is 0 Å². The summed E-state index contributed by atoms with van der Waals surface area (Å²) < 4.78 is 0. The predicted octanol–water partition coefficient (Wildman–Crippen LogP) is 3.33. The molecule has 0 amide bonds. The van der Waals surface area contributed by atoms with Crippen molar-refractivity contribution >= 4 is 33.3 Å². The SMILES string of the molecule is CCNCc1cc2c(N)nc3ccc(N4CCN(C(C)(C)C)CC4)cc3c2[nH]1. The zero-order valence-corrected chi connectivity index (χ0v) is 17.5. The standard InChI is InChI=1S/C22H32N6/c1-5-24-14-15-12-18-20(25-15)17-13-16(6-7-19(17)26-21(18)23)27-8-10-28(11-9-27)22(2,3)4/h6-7,12-13,24-25H,5,8-11,14H2,1-4H3,(H2,23,26). The molecule has 0 spiro atoms. The topological polar surface area (TPSA) is 73.2 Å². The second-order valence-corrected chi connectivity index (χ2v) is 8.71. The van der Waals surface area contributed by atoms with Crippen molar-refractivity contribution in [2.24, 2.45) is 0 Å². The van der Waals surface area contributed by atoms with Gasteiger partial charge in [0.25, 0.3) is 0 Å². The summed E-state index contributed by atoms with van der Waals surface area (Å²) in [4.78, 5) is 13.2. The van der Waals surface area contributed by atoms with Crippen LogP contribution >= 0.6 is 0 Å². The number of aromatic amines is 1. The first-order valence-corrected chi connectivity index (χ1v) is 10.3. The van der Waals surface area contributed by atoms with E-state index < -0.39 is 0 Å². The minimum atomic E-state index is 0.232. The molecule has 0 bridgehead atoms. The summed E-state index contributed by atoms with van der Waals surface area (Å²) in [5.74, 6) is 0.591. The minimum Gasteiger partial charge on any atom is -0.383 e. The van der Waals surface area contributed by atoms with E-state index in [1.165, 1.54) is 5.69 Å². The molecule has 0 saturated carbocycles. The maximum absolute atomic E-state index is 6.23. The van der Waals surface area contributed by atoms with Gasteiger partial charge in [-0.1, -0.05) is 6.92 Å².